The van der Waals surface area contributed by atoms with Crippen LogP contribution in [0.15, 0.2) is 42.5 Å². The van der Waals surface area contributed by atoms with E-state index in [-0.39, 0.29) is 12.5 Å². The summed E-state index contributed by atoms with van der Waals surface area (Å²) in [5.41, 5.74) is 6.60. The highest BCUT2D eigenvalue weighted by atomic mass is 35.5. The lowest BCUT2D eigenvalue weighted by Crippen LogP contribution is -2.20. The Labute approximate surface area is 172 Å². The number of nitrogens with one attached hydrogen (secondary N) is 2. The summed E-state index contributed by atoms with van der Waals surface area (Å²) in [6.07, 6.45) is 2.89. The van der Waals surface area contributed by atoms with Crippen LogP contribution >= 0.6 is 11.6 Å². The van der Waals surface area contributed by atoms with Gasteiger partial charge in [0.1, 0.15) is 0 Å². The molecule has 0 spiro atoms. The number of ether oxygens (including phenoxy) is 2. The second kappa shape index (κ2) is 10.1. The van der Waals surface area contributed by atoms with Crippen LogP contribution in [0.25, 0.3) is 6.08 Å². The second-order valence-corrected chi connectivity index (χ2v) is 6.27. The highest BCUT2D eigenvalue weighted by molar-refractivity contribution is 6.34. The average molecular weight is 418 g/mol. The van der Waals surface area contributed by atoms with E-state index < -0.39 is 11.8 Å². The molecule has 0 saturated carbocycles. The molecule has 2 aromatic carbocycles. The normalized spacial score (nSPS) is 10.4. The monoisotopic (exact) mass is 417 g/mol. The standard InChI is InChI=1S/C20H20ClN3O5/c1-12(25)23-14-5-6-15(21)16(10-14)24-20(27)8-4-13-3-7-17(18(9-13)28-2)29-11-19(22)26/h3-10H,11H2,1-2H3,(H2,22,26)(H,23,25)(H,24,27). The van der Waals surface area contributed by atoms with Gasteiger partial charge in [-0.25, -0.2) is 0 Å². The quantitative estimate of drug-likeness (QED) is 0.570. The Morgan fingerprint density at radius 2 is 1.86 bits per heavy atom. The third-order valence-electron chi connectivity index (χ3n) is 3.53. The average Bonchev–Trinajstić information content (AvgIpc) is 2.67. The predicted octanol–water partition coefficient (Wildman–Crippen LogP) is 2.82. The fourth-order valence-electron chi connectivity index (χ4n) is 2.30. The van der Waals surface area contributed by atoms with Crippen LogP contribution in [0.5, 0.6) is 11.5 Å². The number of methoxy groups -OCH3 is 1. The number of amides is 3. The number of nitrogens with two attached hydrogens (primary N) is 1. The van der Waals surface area contributed by atoms with Gasteiger partial charge in [-0.1, -0.05) is 17.7 Å². The SMILES string of the molecule is COc1cc(C=CC(=O)Nc2cc(NC(C)=O)ccc2Cl)ccc1OCC(N)=O. The van der Waals surface area contributed by atoms with Crippen LogP contribution in [-0.4, -0.2) is 31.4 Å². The molecule has 0 saturated heterocycles. The number of hydrogen-bond acceptors (Lipinski definition) is 5. The summed E-state index contributed by atoms with van der Waals surface area (Å²) in [6.45, 7) is 1.11. The van der Waals surface area contributed by atoms with Crippen molar-refractivity contribution in [3.05, 3.63) is 53.1 Å². The fourth-order valence-corrected chi connectivity index (χ4v) is 2.47. The van der Waals surface area contributed by atoms with Crippen LogP contribution < -0.4 is 25.8 Å². The molecule has 0 aliphatic heterocycles. The molecule has 9 heteroatoms. The minimum atomic E-state index is -0.603. The van der Waals surface area contributed by atoms with Gasteiger partial charge in [-0.15, -0.1) is 0 Å². The van der Waals surface area contributed by atoms with E-state index in [1.807, 2.05) is 0 Å². The first-order chi connectivity index (χ1) is 13.8. The maximum atomic E-state index is 12.2. The van der Waals surface area contributed by atoms with E-state index in [4.69, 9.17) is 26.8 Å². The summed E-state index contributed by atoms with van der Waals surface area (Å²) in [7, 11) is 1.46. The number of primary amides is 1. The molecule has 2 aromatic rings. The second-order valence-electron chi connectivity index (χ2n) is 5.86. The van der Waals surface area contributed by atoms with Crippen LogP contribution in [0.3, 0.4) is 0 Å². The van der Waals surface area contributed by atoms with Gasteiger partial charge in [0.2, 0.25) is 11.8 Å². The zero-order chi connectivity index (χ0) is 21.4. The zero-order valence-corrected chi connectivity index (χ0v) is 16.6. The molecule has 0 heterocycles. The summed E-state index contributed by atoms with van der Waals surface area (Å²) >= 11 is 6.09. The summed E-state index contributed by atoms with van der Waals surface area (Å²) < 4.78 is 10.5. The molecule has 0 aliphatic carbocycles. The van der Waals surface area contributed by atoms with Crippen LogP contribution in [0.4, 0.5) is 11.4 Å². The van der Waals surface area contributed by atoms with Crippen LogP contribution in [0.1, 0.15) is 12.5 Å². The lowest BCUT2D eigenvalue weighted by Gasteiger charge is -2.10. The molecule has 0 aromatic heterocycles. The van der Waals surface area contributed by atoms with Gasteiger partial charge in [0.25, 0.3) is 5.91 Å². The maximum Gasteiger partial charge on any atom is 0.255 e. The molecule has 8 nitrogen and oxygen atoms in total. The Morgan fingerprint density at radius 3 is 2.52 bits per heavy atom. The number of carbonyl (C=O) groups is 3. The zero-order valence-electron chi connectivity index (χ0n) is 15.8. The van der Waals surface area contributed by atoms with Gasteiger partial charge in [0.15, 0.2) is 18.1 Å². The van der Waals surface area contributed by atoms with E-state index in [0.717, 1.165) is 0 Å². The van der Waals surface area contributed by atoms with Gasteiger partial charge < -0.3 is 25.8 Å². The summed E-state index contributed by atoms with van der Waals surface area (Å²) in [5.74, 6) is -0.509. The molecule has 0 bridgehead atoms. The van der Waals surface area contributed by atoms with Crippen molar-refractivity contribution in [3.63, 3.8) is 0 Å². The molecule has 2 rings (SSSR count). The Balaban J connectivity index is 2.09. The molecule has 0 unspecified atom stereocenters. The van der Waals surface area contributed by atoms with Gasteiger partial charge in [-0.3, -0.25) is 14.4 Å². The third-order valence-corrected chi connectivity index (χ3v) is 3.86. The highest BCUT2D eigenvalue weighted by Crippen LogP contribution is 2.29. The van der Waals surface area contributed by atoms with Crippen LogP contribution in [-0.2, 0) is 14.4 Å². The molecule has 0 aliphatic rings. The molecule has 4 N–H and O–H groups in total. The van der Waals surface area contributed by atoms with Crippen molar-refractivity contribution < 1.29 is 23.9 Å². The smallest absolute Gasteiger partial charge is 0.255 e. The van der Waals surface area contributed by atoms with E-state index in [1.165, 1.54) is 20.1 Å². The van der Waals surface area contributed by atoms with Crippen LogP contribution in [0, 0.1) is 0 Å². The predicted molar refractivity (Wildman–Crippen MR) is 111 cm³/mol. The Hall–Kier alpha value is -3.52. The third kappa shape index (κ3) is 6.86. The summed E-state index contributed by atoms with van der Waals surface area (Å²) in [4.78, 5) is 34.2. The Morgan fingerprint density at radius 1 is 1.10 bits per heavy atom. The number of rotatable bonds is 8. The number of anilines is 2. The molecule has 0 atom stereocenters. The minimum Gasteiger partial charge on any atom is -0.493 e. The van der Waals surface area contributed by atoms with Crippen molar-refractivity contribution in [3.8, 4) is 11.5 Å². The van der Waals surface area contributed by atoms with Gasteiger partial charge in [-0.2, -0.15) is 0 Å². The lowest BCUT2D eigenvalue weighted by molar-refractivity contribution is -0.120. The van der Waals surface area contributed by atoms with Gasteiger partial charge in [0.05, 0.1) is 17.8 Å². The van der Waals surface area contributed by atoms with Gasteiger partial charge in [-0.05, 0) is 42.0 Å². The first kappa shape index (κ1) is 21.8. The van der Waals surface area contributed by atoms with E-state index in [2.05, 4.69) is 10.6 Å². The highest BCUT2D eigenvalue weighted by Gasteiger charge is 2.08. The number of carbonyl (C=O) groups excluding carboxylic acids is 3. The molecular weight excluding hydrogens is 398 g/mol. The Kier molecular flexibility index (Phi) is 7.62. The van der Waals surface area contributed by atoms with E-state index in [0.29, 0.717) is 33.5 Å². The summed E-state index contributed by atoms with van der Waals surface area (Å²) in [6, 6.07) is 9.69. The number of halogens is 1. The molecule has 152 valence electrons. The first-order valence-corrected chi connectivity index (χ1v) is 8.81. The van der Waals surface area contributed by atoms with Crippen molar-refractivity contribution in [1.82, 2.24) is 0 Å². The molecule has 0 fully saturated rings. The number of benzene rings is 2. The maximum absolute atomic E-state index is 12.2. The van der Waals surface area contributed by atoms with E-state index >= 15 is 0 Å². The van der Waals surface area contributed by atoms with E-state index in [9.17, 15) is 14.4 Å². The minimum absolute atomic E-state index is 0.235. The Bertz CT molecular complexity index is 959. The molecule has 29 heavy (non-hydrogen) atoms. The molecule has 3 amide bonds. The topological polar surface area (TPSA) is 120 Å². The van der Waals surface area contributed by atoms with Crippen molar-refractivity contribution in [2.24, 2.45) is 5.73 Å². The first-order valence-electron chi connectivity index (χ1n) is 8.44. The van der Waals surface area contributed by atoms with Crippen molar-refractivity contribution in [2.75, 3.05) is 24.4 Å². The van der Waals surface area contributed by atoms with E-state index in [1.54, 1.807) is 42.5 Å². The fraction of sp³-hybridized carbons (Fsp3) is 0.150. The largest absolute Gasteiger partial charge is 0.493 e. The van der Waals surface area contributed by atoms with Crippen molar-refractivity contribution >= 4 is 46.8 Å². The van der Waals surface area contributed by atoms with Crippen molar-refractivity contribution in [1.29, 1.82) is 0 Å². The van der Waals surface area contributed by atoms with Crippen molar-refractivity contribution in [2.45, 2.75) is 6.92 Å². The molecular formula is C20H20ClN3O5. The van der Waals surface area contributed by atoms with Gasteiger partial charge >= 0.3 is 0 Å². The van der Waals surface area contributed by atoms with Crippen LogP contribution in [0.2, 0.25) is 5.02 Å². The molecule has 0 radical (unpaired) electrons. The van der Waals surface area contributed by atoms with Gasteiger partial charge in [0, 0.05) is 18.7 Å². The number of hydrogen-bond donors (Lipinski definition) is 3. The summed E-state index contributed by atoms with van der Waals surface area (Å²) in [5, 5.41) is 5.60. The lowest BCUT2D eigenvalue weighted by atomic mass is 10.2.